The predicted octanol–water partition coefficient (Wildman–Crippen LogP) is 5.22. The predicted molar refractivity (Wildman–Crippen MR) is 120 cm³/mol. The number of benzene rings is 3. The highest BCUT2D eigenvalue weighted by Gasteiger charge is 2.13. The minimum Gasteiger partial charge on any atom is -0.507 e. The number of hydrogen-bond donors (Lipinski definition) is 2. The third-order valence-electron chi connectivity index (χ3n) is 4.71. The van der Waals surface area contributed by atoms with E-state index in [0.717, 1.165) is 16.2 Å². The average molecular weight is 413 g/mol. The molecule has 7 heteroatoms. The summed E-state index contributed by atoms with van der Waals surface area (Å²) in [7, 11) is 0. The fourth-order valence-electron chi connectivity index (χ4n) is 3.25. The van der Waals surface area contributed by atoms with E-state index in [0.29, 0.717) is 26.7 Å². The van der Waals surface area contributed by atoms with E-state index in [-0.39, 0.29) is 5.75 Å². The summed E-state index contributed by atoms with van der Waals surface area (Å²) in [5, 5.41) is 17.4. The zero-order valence-corrected chi connectivity index (χ0v) is 16.4. The van der Waals surface area contributed by atoms with Gasteiger partial charge in [-0.15, -0.1) is 0 Å². The van der Waals surface area contributed by atoms with Gasteiger partial charge in [-0.1, -0.05) is 53.8 Å². The fourth-order valence-corrected chi connectivity index (χ4v) is 4.02. The molecule has 0 saturated carbocycles. The van der Waals surface area contributed by atoms with E-state index in [4.69, 9.17) is 4.42 Å². The Morgan fingerprint density at radius 3 is 2.77 bits per heavy atom. The van der Waals surface area contributed by atoms with Crippen molar-refractivity contribution < 1.29 is 9.52 Å². The maximum Gasteiger partial charge on any atom is 0.345 e. The lowest BCUT2D eigenvalue weighted by Crippen LogP contribution is -2.01. The lowest BCUT2D eigenvalue weighted by Gasteiger charge is -2.04. The summed E-state index contributed by atoms with van der Waals surface area (Å²) in [6.07, 6.45) is 3.12. The van der Waals surface area contributed by atoms with Gasteiger partial charge in [-0.05, 0) is 35.0 Å². The molecule has 6 nitrogen and oxygen atoms in total. The third kappa shape index (κ3) is 3.31. The summed E-state index contributed by atoms with van der Waals surface area (Å²) in [6.45, 7) is 0. The van der Waals surface area contributed by atoms with Crippen molar-refractivity contribution in [2.45, 2.75) is 0 Å². The molecule has 0 saturated heterocycles. The van der Waals surface area contributed by atoms with Crippen LogP contribution in [0.3, 0.4) is 0 Å². The Labute approximate surface area is 174 Å². The number of anilines is 1. The average Bonchev–Trinajstić information content (AvgIpc) is 3.23. The van der Waals surface area contributed by atoms with Gasteiger partial charge in [0.05, 0.1) is 16.7 Å². The molecule has 2 N–H and O–H groups in total. The van der Waals surface area contributed by atoms with Gasteiger partial charge in [0.1, 0.15) is 11.3 Å². The highest BCUT2D eigenvalue weighted by molar-refractivity contribution is 7.18. The Bertz CT molecular complexity index is 1470. The van der Waals surface area contributed by atoms with Crippen molar-refractivity contribution in [1.82, 2.24) is 4.98 Å². The molecule has 0 radical (unpaired) electrons. The number of para-hydroxylation sites is 1. The first-order valence-corrected chi connectivity index (χ1v) is 9.99. The minimum atomic E-state index is -0.411. The standard InChI is InChI=1S/C23H15N3O3S/c27-19-8-4-2-6-15(19)12-25-26-23-24-13-21(30-23)18-11-17-16-7-3-1-5-14(16)9-10-20(17)29-22(18)28/h1-13,27H,(H,24,26). The number of phenols is 1. The zero-order chi connectivity index (χ0) is 20.5. The van der Waals surface area contributed by atoms with Crippen molar-refractivity contribution in [2.24, 2.45) is 5.10 Å². The molecule has 30 heavy (non-hydrogen) atoms. The van der Waals surface area contributed by atoms with Gasteiger partial charge in [0, 0.05) is 17.1 Å². The largest absolute Gasteiger partial charge is 0.507 e. The fraction of sp³-hybridized carbons (Fsp3) is 0. The number of hydrazone groups is 1. The van der Waals surface area contributed by atoms with Crippen LogP contribution in [0.5, 0.6) is 5.75 Å². The van der Waals surface area contributed by atoms with Gasteiger partial charge in [0.25, 0.3) is 0 Å². The number of aromatic hydroxyl groups is 1. The van der Waals surface area contributed by atoms with Crippen molar-refractivity contribution in [3.05, 3.63) is 88.9 Å². The Morgan fingerprint density at radius 2 is 1.87 bits per heavy atom. The molecular formula is C23H15N3O3S. The molecule has 146 valence electrons. The van der Waals surface area contributed by atoms with Crippen LogP contribution < -0.4 is 11.1 Å². The van der Waals surface area contributed by atoms with Crippen molar-refractivity contribution in [2.75, 3.05) is 5.43 Å². The van der Waals surface area contributed by atoms with E-state index >= 15 is 0 Å². The highest BCUT2D eigenvalue weighted by Crippen LogP contribution is 2.31. The van der Waals surface area contributed by atoms with Crippen LogP contribution in [-0.4, -0.2) is 16.3 Å². The summed E-state index contributed by atoms with van der Waals surface area (Å²) < 4.78 is 5.56. The second kappa shape index (κ2) is 7.46. The number of hydrogen-bond acceptors (Lipinski definition) is 7. The SMILES string of the molecule is O=c1oc2ccc3ccccc3c2cc1-c1cnc(NN=Cc2ccccc2O)s1. The quantitative estimate of drug-likeness (QED) is 0.182. The van der Waals surface area contributed by atoms with Gasteiger partial charge in [0.2, 0.25) is 5.13 Å². The van der Waals surface area contributed by atoms with Gasteiger partial charge in [-0.2, -0.15) is 5.10 Å². The lowest BCUT2D eigenvalue weighted by atomic mass is 10.0. The molecule has 0 aliphatic rings. The smallest absolute Gasteiger partial charge is 0.345 e. The number of phenolic OH excluding ortho intramolecular Hbond substituents is 1. The number of aromatic nitrogens is 1. The third-order valence-corrected chi connectivity index (χ3v) is 5.65. The first kappa shape index (κ1) is 18.1. The molecule has 2 aromatic heterocycles. The molecule has 0 spiro atoms. The second-order valence-corrected chi connectivity index (χ2v) is 7.64. The van der Waals surface area contributed by atoms with Gasteiger partial charge in [0.15, 0.2) is 0 Å². The number of rotatable bonds is 4. The summed E-state index contributed by atoms with van der Waals surface area (Å²) in [5.41, 5.74) is 4.01. The minimum absolute atomic E-state index is 0.142. The van der Waals surface area contributed by atoms with E-state index in [1.54, 1.807) is 24.4 Å². The molecule has 3 aromatic carbocycles. The van der Waals surface area contributed by atoms with Crippen molar-refractivity contribution >= 4 is 44.4 Å². The van der Waals surface area contributed by atoms with Gasteiger partial charge in [-0.3, -0.25) is 5.43 Å². The van der Waals surface area contributed by atoms with E-state index in [9.17, 15) is 9.90 Å². The molecule has 2 heterocycles. The van der Waals surface area contributed by atoms with Crippen molar-refractivity contribution in [1.29, 1.82) is 0 Å². The highest BCUT2D eigenvalue weighted by atomic mass is 32.1. The summed E-state index contributed by atoms with van der Waals surface area (Å²) in [5.74, 6) is 0.142. The number of thiazole rings is 1. The topological polar surface area (TPSA) is 87.7 Å². The lowest BCUT2D eigenvalue weighted by molar-refractivity contribution is 0.474. The molecule has 5 aromatic rings. The summed E-state index contributed by atoms with van der Waals surface area (Å²) in [4.78, 5) is 17.5. The van der Waals surface area contributed by atoms with Crippen LogP contribution in [0.25, 0.3) is 32.2 Å². The van der Waals surface area contributed by atoms with Crippen molar-refractivity contribution in [3.63, 3.8) is 0 Å². The van der Waals surface area contributed by atoms with E-state index in [2.05, 4.69) is 15.5 Å². The monoisotopic (exact) mass is 413 g/mol. The van der Waals surface area contributed by atoms with Crippen LogP contribution in [0.2, 0.25) is 0 Å². The van der Waals surface area contributed by atoms with Crippen LogP contribution in [0.4, 0.5) is 5.13 Å². The first-order chi connectivity index (χ1) is 14.7. The van der Waals surface area contributed by atoms with E-state index in [1.807, 2.05) is 48.5 Å². The van der Waals surface area contributed by atoms with Gasteiger partial charge in [-0.25, -0.2) is 9.78 Å². The normalized spacial score (nSPS) is 11.5. The number of fused-ring (bicyclic) bond motifs is 3. The molecule has 5 rings (SSSR count). The van der Waals surface area contributed by atoms with Gasteiger partial charge < -0.3 is 9.52 Å². The Balaban J connectivity index is 1.48. The summed E-state index contributed by atoms with van der Waals surface area (Å²) >= 11 is 1.29. The second-order valence-electron chi connectivity index (χ2n) is 6.60. The molecule has 0 atom stereocenters. The van der Waals surface area contributed by atoms with Gasteiger partial charge >= 0.3 is 5.63 Å². The molecule has 0 fully saturated rings. The van der Waals surface area contributed by atoms with Crippen molar-refractivity contribution in [3.8, 4) is 16.2 Å². The summed E-state index contributed by atoms with van der Waals surface area (Å²) in [6, 6.07) is 20.5. The molecule has 0 aliphatic heterocycles. The maximum absolute atomic E-state index is 12.5. The Hall–Kier alpha value is -3.97. The molecule has 0 amide bonds. The molecular weight excluding hydrogens is 398 g/mol. The molecule has 0 unspecified atom stereocenters. The van der Waals surface area contributed by atoms with Crippen LogP contribution in [0, 0.1) is 0 Å². The van der Waals surface area contributed by atoms with E-state index < -0.39 is 5.63 Å². The molecule has 0 bridgehead atoms. The van der Waals surface area contributed by atoms with Crippen LogP contribution in [0.1, 0.15) is 5.56 Å². The first-order valence-electron chi connectivity index (χ1n) is 9.18. The Kier molecular flexibility index (Phi) is 4.49. The van der Waals surface area contributed by atoms with Crippen LogP contribution in [-0.2, 0) is 0 Å². The van der Waals surface area contributed by atoms with Crippen LogP contribution in [0.15, 0.2) is 87.2 Å². The molecule has 0 aliphatic carbocycles. The Morgan fingerprint density at radius 1 is 1.03 bits per heavy atom. The number of nitrogens with zero attached hydrogens (tertiary/aromatic N) is 2. The maximum atomic E-state index is 12.5. The zero-order valence-electron chi connectivity index (χ0n) is 15.6. The number of nitrogens with one attached hydrogen (secondary N) is 1. The van der Waals surface area contributed by atoms with Crippen LogP contribution >= 0.6 is 11.3 Å². The van der Waals surface area contributed by atoms with E-state index in [1.165, 1.54) is 17.6 Å².